The number of hydrogen-bond acceptors (Lipinski definition) is 6. The fraction of sp³-hybridized carbons (Fsp3) is 0.364. The third-order valence-corrected chi connectivity index (χ3v) is 6.76. The molecule has 2 aromatic rings. The topological polar surface area (TPSA) is 57.9 Å². The van der Waals surface area contributed by atoms with Gasteiger partial charge in [-0.2, -0.15) is 0 Å². The zero-order chi connectivity index (χ0) is 21.4. The minimum atomic E-state index is -0.200. The Morgan fingerprint density at radius 3 is 2.70 bits per heavy atom. The van der Waals surface area contributed by atoms with E-state index < -0.39 is 0 Å². The fourth-order valence-corrected chi connectivity index (χ4v) is 5.47. The lowest BCUT2D eigenvalue weighted by atomic mass is 9.91. The Balaban J connectivity index is 1.87. The van der Waals surface area contributed by atoms with Gasteiger partial charge in [-0.15, -0.1) is 6.58 Å². The molecular formula is C22H24N4O2S2. The van der Waals surface area contributed by atoms with Crippen molar-refractivity contribution in [2.45, 2.75) is 20.3 Å². The van der Waals surface area contributed by atoms with Crippen LogP contribution in [0.3, 0.4) is 0 Å². The van der Waals surface area contributed by atoms with Crippen LogP contribution in [0.2, 0.25) is 0 Å². The second-order valence-corrected chi connectivity index (χ2v) is 9.69. The Morgan fingerprint density at radius 1 is 1.27 bits per heavy atom. The van der Waals surface area contributed by atoms with Gasteiger partial charge < -0.3 is 4.90 Å². The van der Waals surface area contributed by atoms with Crippen molar-refractivity contribution in [3.63, 3.8) is 0 Å². The molecule has 1 amide bonds. The highest BCUT2D eigenvalue weighted by Gasteiger charge is 2.32. The van der Waals surface area contributed by atoms with Crippen molar-refractivity contribution in [1.29, 1.82) is 0 Å². The molecule has 2 unspecified atom stereocenters. The number of thioether (sulfide) groups is 1. The normalized spacial score (nSPS) is 23.6. The van der Waals surface area contributed by atoms with Crippen molar-refractivity contribution in [1.82, 2.24) is 14.3 Å². The van der Waals surface area contributed by atoms with Gasteiger partial charge in [-0.3, -0.25) is 18.9 Å². The molecule has 30 heavy (non-hydrogen) atoms. The van der Waals surface area contributed by atoms with E-state index in [1.165, 1.54) is 21.1 Å². The van der Waals surface area contributed by atoms with E-state index in [0.29, 0.717) is 44.6 Å². The van der Waals surface area contributed by atoms with E-state index in [1.807, 2.05) is 12.1 Å². The van der Waals surface area contributed by atoms with Crippen molar-refractivity contribution in [2.24, 2.45) is 11.8 Å². The van der Waals surface area contributed by atoms with Gasteiger partial charge in [0.25, 0.3) is 11.5 Å². The Hall–Kier alpha value is -2.45. The molecule has 2 atom stereocenters. The lowest BCUT2D eigenvalue weighted by Gasteiger charge is -2.36. The average Bonchev–Trinajstić information content (AvgIpc) is 2.97. The monoisotopic (exact) mass is 440 g/mol. The summed E-state index contributed by atoms with van der Waals surface area (Å²) in [5.41, 5.74) is 0.842. The first-order valence-electron chi connectivity index (χ1n) is 10.0. The lowest BCUT2D eigenvalue weighted by molar-refractivity contribution is -0.121. The van der Waals surface area contributed by atoms with Gasteiger partial charge in [0.2, 0.25) is 0 Å². The van der Waals surface area contributed by atoms with Crippen LogP contribution in [0.5, 0.6) is 0 Å². The van der Waals surface area contributed by atoms with Gasteiger partial charge in [0, 0.05) is 25.8 Å². The smallest absolute Gasteiger partial charge is 0.267 e. The predicted molar refractivity (Wildman–Crippen MR) is 127 cm³/mol. The summed E-state index contributed by atoms with van der Waals surface area (Å²) in [5, 5.41) is 0. The second kappa shape index (κ2) is 8.35. The number of rotatable bonds is 4. The number of nitrogens with zero attached hydrogens (tertiary/aromatic N) is 4. The number of thiocarbonyl (C=S) groups is 1. The number of carbonyl (C=O) groups excluding carboxylic acids is 1. The molecule has 2 aliphatic heterocycles. The molecule has 156 valence electrons. The molecule has 0 aliphatic carbocycles. The number of pyridine rings is 1. The quantitative estimate of drug-likeness (QED) is 0.412. The number of fused-ring (bicyclic) bond motifs is 1. The number of hydrogen-bond donors (Lipinski definition) is 0. The van der Waals surface area contributed by atoms with Crippen molar-refractivity contribution in [3.05, 3.63) is 57.9 Å². The standard InChI is InChI=1S/C22H24N4O2S2/c1-4-8-26-21(28)17(30-22(26)29)11-16-19(24-12-14(2)10-15(3)13-24)23-18-7-5-6-9-25(18)20(16)27/h4-7,9,11,14-15H,1,8,10,12-13H2,2-3H3/b17-11+. The van der Waals surface area contributed by atoms with E-state index in [4.69, 9.17) is 17.2 Å². The van der Waals surface area contributed by atoms with Crippen LogP contribution in [0.1, 0.15) is 25.8 Å². The van der Waals surface area contributed by atoms with Crippen molar-refractivity contribution >= 4 is 51.7 Å². The van der Waals surface area contributed by atoms with Crippen molar-refractivity contribution in [2.75, 3.05) is 24.5 Å². The average molecular weight is 441 g/mol. The molecule has 0 bridgehead atoms. The highest BCUT2D eigenvalue weighted by molar-refractivity contribution is 8.26. The maximum absolute atomic E-state index is 13.4. The minimum absolute atomic E-state index is 0.185. The first kappa shape index (κ1) is 20.8. The summed E-state index contributed by atoms with van der Waals surface area (Å²) < 4.78 is 2.00. The van der Waals surface area contributed by atoms with Gasteiger partial charge in [-0.05, 0) is 36.5 Å². The van der Waals surface area contributed by atoms with Gasteiger partial charge in [0.15, 0.2) is 0 Å². The molecule has 0 radical (unpaired) electrons. The van der Waals surface area contributed by atoms with Gasteiger partial charge in [-0.25, -0.2) is 4.98 Å². The SMILES string of the molecule is C=CCN1C(=O)/C(=C\c2c(N3CC(C)CC(C)C3)nc3ccccn3c2=O)SC1=S. The molecule has 0 spiro atoms. The van der Waals surface area contributed by atoms with Crippen LogP contribution in [0.15, 0.2) is 46.8 Å². The summed E-state index contributed by atoms with van der Waals surface area (Å²) in [6, 6.07) is 5.50. The molecule has 0 N–H and O–H groups in total. The van der Waals surface area contributed by atoms with Gasteiger partial charge >= 0.3 is 0 Å². The molecule has 2 aliphatic rings. The fourth-order valence-electron chi connectivity index (χ4n) is 4.21. The zero-order valence-corrected chi connectivity index (χ0v) is 18.7. The molecule has 0 aromatic carbocycles. The Labute approximate surface area is 185 Å². The Bertz CT molecular complexity index is 1110. The van der Waals surface area contributed by atoms with Crippen LogP contribution in [0.4, 0.5) is 5.82 Å². The van der Waals surface area contributed by atoms with Crippen molar-refractivity contribution in [3.8, 4) is 0 Å². The van der Waals surface area contributed by atoms with E-state index in [1.54, 1.807) is 24.4 Å². The maximum Gasteiger partial charge on any atom is 0.267 e. The van der Waals surface area contributed by atoms with Gasteiger partial charge in [-0.1, -0.05) is 50.0 Å². The molecule has 2 fully saturated rings. The van der Waals surface area contributed by atoms with E-state index in [9.17, 15) is 9.59 Å². The van der Waals surface area contributed by atoms with Gasteiger partial charge in [0.05, 0.1) is 10.5 Å². The number of carbonyl (C=O) groups is 1. The number of aromatic nitrogens is 2. The zero-order valence-electron chi connectivity index (χ0n) is 17.1. The van der Waals surface area contributed by atoms with Crippen LogP contribution in [-0.4, -0.2) is 44.1 Å². The maximum atomic E-state index is 13.4. The molecule has 4 heterocycles. The first-order valence-corrected chi connectivity index (χ1v) is 11.2. The molecule has 4 rings (SSSR count). The Morgan fingerprint density at radius 2 is 2.00 bits per heavy atom. The summed E-state index contributed by atoms with van der Waals surface area (Å²) in [7, 11) is 0. The van der Waals surface area contributed by atoms with Gasteiger partial charge in [0.1, 0.15) is 15.8 Å². The summed E-state index contributed by atoms with van der Waals surface area (Å²) >= 11 is 6.56. The van der Waals surface area contributed by atoms with Crippen LogP contribution < -0.4 is 10.5 Å². The summed E-state index contributed by atoms with van der Waals surface area (Å²) in [5.74, 6) is 1.44. The van der Waals surface area contributed by atoms with Crippen LogP contribution in [0.25, 0.3) is 11.7 Å². The van der Waals surface area contributed by atoms with E-state index in [0.717, 1.165) is 19.5 Å². The number of amides is 1. The molecule has 2 aromatic heterocycles. The number of piperidine rings is 1. The first-order chi connectivity index (χ1) is 14.4. The third-order valence-electron chi connectivity index (χ3n) is 5.38. The number of anilines is 1. The van der Waals surface area contributed by atoms with E-state index >= 15 is 0 Å². The molecule has 6 nitrogen and oxygen atoms in total. The van der Waals surface area contributed by atoms with Crippen LogP contribution in [0, 0.1) is 11.8 Å². The summed E-state index contributed by atoms with van der Waals surface area (Å²) in [4.78, 5) is 35.2. The largest absolute Gasteiger partial charge is 0.355 e. The summed E-state index contributed by atoms with van der Waals surface area (Å²) in [6.45, 7) is 10.1. The highest BCUT2D eigenvalue weighted by atomic mass is 32.2. The lowest BCUT2D eigenvalue weighted by Crippen LogP contribution is -2.40. The molecular weight excluding hydrogens is 416 g/mol. The second-order valence-electron chi connectivity index (χ2n) is 8.02. The molecule has 8 heteroatoms. The van der Waals surface area contributed by atoms with Crippen LogP contribution in [-0.2, 0) is 4.79 Å². The molecule has 2 saturated heterocycles. The van der Waals surface area contributed by atoms with Crippen molar-refractivity contribution < 1.29 is 4.79 Å². The third kappa shape index (κ3) is 3.81. The highest BCUT2D eigenvalue weighted by Crippen LogP contribution is 2.34. The Kier molecular flexibility index (Phi) is 5.79. The van der Waals surface area contributed by atoms with E-state index in [-0.39, 0.29) is 11.5 Å². The minimum Gasteiger partial charge on any atom is -0.355 e. The van der Waals surface area contributed by atoms with E-state index in [2.05, 4.69) is 25.3 Å². The summed E-state index contributed by atoms with van der Waals surface area (Å²) in [6.07, 6.45) is 6.16. The molecule has 0 saturated carbocycles. The van der Waals surface area contributed by atoms with Crippen LogP contribution >= 0.6 is 24.0 Å². The predicted octanol–water partition coefficient (Wildman–Crippen LogP) is 3.56.